The summed E-state index contributed by atoms with van der Waals surface area (Å²) >= 11 is 0. The molecule has 1 unspecified atom stereocenters. The van der Waals surface area contributed by atoms with Crippen LogP contribution in [0.5, 0.6) is 5.75 Å². The van der Waals surface area contributed by atoms with E-state index in [1.165, 1.54) is 12.0 Å². The number of nitrogens with one attached hydrogen (secondary N) is 2. The number of benzene rings is 1. The largest absolute Gasteiger partial charge is 0.489 e. The van der Waals surface area contributed by atoms with Gasteiger partial charge in [0.2, 0.25) is 0 Å². The molecule has 0 spiro atoms. The molecule has 3 rings (SSSR count). The Morgan fingerprint density at radius 3 is 3.06 bits per heavy atom. The first-order valence-corrected chi connectivity index (χ1v) is 6.39. The van der Waals surface area contributed by atoms with Crippen molar-refractivity contribution in [2.45, 2.75) is 32.9 Å². The number of para-hydroxylation sites is 1. The fourth-order valence-corrected chi connectivity index (χ4v) is 2.42. The summed E-state index contributed by atoms with van der Waals surface area (Å²) in [4.78, 5) is 0. The smallest absolute Gasteiger partial charge is 0.146 e. The maximum Gasteiger partial charge on any atom is 0.146 e. The molecule has 2 aliphatic rings. The van der Waals surface area contributed by atoms with Gasteiger partial charge in [0.25, 0.3) is 0 Å². The summed E-state index contributed by atoms with van der Waals surface area (Å²) in [5.41, 5.74) is 2.87. The lowest BCUT2D eigenvalue weighted by Crippen LogP contribution is -2.23. The molecule has 1 saturated carbocycles. The van der Waals surface area contributed by atoms with E-state index in [0.29, 0.717) is 11.5 Å². The Labute approximate surface area is 103 Å². The normalized spacial score (nSPS) is 24.5. The van der Waals surface area contributed by atoms with Gasteiger partial charge in [0.15, 0.2) is 0 Å². The molecule has 2 N–H and O–H groups in total. The highest BCUT2D eigenvalue weighted by atomic mass is 16.5. The zero-order valence-electron chi connectivity index (χ0n) is 10.5. The molecule has 1 aromatic carbocycles. The molecule has 1 atom stereocenters. The zero-order valence-corrected chi connectivity index (χ0v) is 10.5. The minimum Gasteiger partial charge on any atom is -0.489 e. The van der Waals surface area contributed by atoms with Gasteiger partial charge in [-0.05, 0) is 17.9 Å². The van der Waals surface area contributed by atoms with Crippen molar-refractivity contribution in [3.63, 3.8) is 0 Å². The summed E-state index contributed by atoms with van der Waals surface area (Å²) in [6.07, 6.45) is 1.28. The Bertz CT molecular complexity index is 428. The van der Waals surface area contributed by atoms with E-state index in [1.54, 1.807) is 0 Å². The van der Waals surface area contributed by atoms with Crippen molar-refractivity contribution in [2.24, 2.45) is 5.41 Å². The number of hydrogen-bond donors (Lipinski definition) is 2. The summed E-state index contributed by atoms with van der Waals surface area (Å²) < 4.78 is 5.76. The van der Waals surface area contributed by atoms with Gasteiger partial charge in [-0.1, -0.05) is 26.0 Å². The van der Waals surface area contributed by atoms with Crippen LogP contribution in [0.2, 0.25) is 0 Å². The second kappa shape index (κ2) is 3.91. The molecule has 0 radical (unpaired) electrons. The van der Waals surface area contributed by atoms with Gasteiger partial charge in [-0.25, -0.2) is 0 Å². The van der Waals surface area contributed by atoms with Crippen molar-refractivity contribution >= 4 is 5.69 Å². The van der Waals surface area contributed by atoms with Gasteiger partial charge in [0.05, 0.1) is 5.69 Å². The molecular formula is C14H20N2O. The lowest BCUT2D eigenvalue weighted by Gasteiger charge is -2.22. The quantitative estimate of drug-likeness (QED) is 0.839. The van der Waals surface area contributed by atoms with Gasteiger partial charge in [0, 0.05) is 24.7 Å². The minimum atomic E-state index is 0.480. The molecule has 3 heteroatoms. The molecule has 1 aliphatic heterocycles. The molecule has 0 bridgehead atoms. The van der Waals surface area contributed by atoms with E-state index in [9.17, 15) is 0 Å². The Hall–Kier alpha value is -1.22. The Balaban J connectivity index is 1.70. The van der Waals surface area contributed by atoms with E-state index < -0.39 is 0 Å². The third-order valence-corrected chi connectivity index (χ3v) is 3.81. The Morgan fingerprint density at radius 2 is 2.29 bits per heavy atom. The van der Waals surface area contributed by atoms with Gasteiger partial charge in [-0.3, -0.25) is 0 Å². The van der Waals surface area contributed by atoms with Crippen LogP contribution in [0.15, 0.2) is 18.2 Å². The minimum absolute atomic E-state index is 0.480. The molecule has 17 heavy (non-hydrogen) atoms. The monoisotopic (exact) mass is 232 g/mol. The lowest BCUT2D eigenvalue weighted by molar-refractivity contribution is 0.318. The van der Waals surface area contributed by atoms with Gasteiger partial charge in [0.1, 0.15) is 12.4 Å². The predicted octanol–water partition coefficient (Wildman–Crippen LogP) is 2.38. The molecule has 1 aliphatic carbocycles. The second-order valence-electron chi connectivity index (χ2n) is 5.70. The third kappa shape index (κ3) is 2.12. The molecule has 0 amide bonds. The maximum absolute atomic E-state index is 5.76. The van der Waals surface area contributed by atoms with E-state index >= 15 is 0 Å². The third-order valence-electron chi connectivity index (χ3n) is 3.81. The highest BCUT2D eigenvalue weighted by molar-refractivity contribution is 5.61. The Kier molecular flexibility index (Phi) is 2.51. The fourth-order valence-electron chi connectivity index (χ4n) is 2.42. The van der Waals surface area contributed by atoms with E-state index in [4.69, 9.17) is 4.74 Å². The topological polar surface area (TPSA) is 33.3 Å². The van der Waals surface area contributed by atoms with E-state index in [1.807, 2.05) is 0 Å². The van der Waals surface area contributed by atoms with Crippen molar-refractivity contribution < 1.29 is 4.74 Å². The van der Waals surface area contributed by atoms with Crippen LogP contribution in [-0.2, 0) is 6.54 Å². The summed E-state index contributed by atoms with van der Waals surface area (Å²) in [6, 6.07) is 6.98. The first-order valence-electron chi connectivity index (χ1n) is 6.39. The van der Waals surface area contributed by atoms with E-state index in [2.05, 4.69) is 42.7 Å². The van der Waals surface area contributed by atoms with Gasteiger partial charge < -0.3 is 15.4 Å². The molecule has 3 nitrogen and oxygen atoms in total. The summed E-state index contributed by atoms with van der Waals surface area (Å²) in [6.45, 7) is 7.18. The molecule has 0 aromatic heterocycles. The van der Waals surface area contributed by atoms with Crippen LogP contribution in [0.4, 0.5) is 5.69 Å². The van der Waals surface area contributed by atoms with Crippen LogP contribution in [-0.4, -0.2) is 19.2 Å². The molecule has 1 fully saturated rings. The van der Waals surface area contributed by atoms with Crippen molar-refractivity contribution in [3.8, 4) is 5.75 Å². The number of anilines is 1. The first kappa shape index (κ1) is 10.9. The molecular weight excluding hydrogens is 212 g/mol. The van der Waals surface area contributed by atoms with Crippen LogP contribution < -0.4 is 15.4 Å². The van der Waals surface area contributed by atoms with Crippen LogP contribution in [0.1, 0.15) is 25.8 Å². The van der Waals surface area contributed by atoms with Crippen LogP contribution >= 0.6 is 0 Å². The summed E-state index contributed by atoms with van der Waals surface area (Å²) in [5.74, 6) is 1.03. The van der Waals surface area contributed by atoms with Crippen LogP contribution in [0.3, 0.4) is 0 Å². The van der Waals surface area contributed by atoms with E-state index in [0.717, 1.165) is 31.1 Å². The zero-order chi connectivity index (χ0) is 11.9. The van der Waals surface area contributed by atoms with Gasteiger partial charge >= 0.3 is 0 Å². The highest BCUT2D eigenvalue weighted by Crippen LogP contribution is 2.45. The van der Waals surface area contributed by atoms with E-state index in [-0.39, 0.29) is 0 Å². The van der Waals surface area contributed by atoms with Crippen molar-refractivity contribution in [2.75, 3.05) is 18.5 Å². The maximum atomic E-state index is 5.76. The van der Waals surface area contributed by atoms with Gasteiger partial charge in [-0.2, -0.15) is 0 Å². The fraction of sp³-hybridized carbons (Fsp3) is 0.571. The Morgan fingerprint density at radius 1 is 1.47 bits per heavy atom. The number of hydrogen-bond acceptors (Lipinski definition) is 3. The van der Waals surface area contributed by atoms with Gasteiger partial charge in [-0.15, -0.1) is 0 Å². The second-order valence-corrected chi connectivity index (χ2v) is 5.70. The average molecular weight is 232 g/mol. The number of fused-ring (bicyclic) bond motifs is 1. The SMILES string of the molecule is CC1(C)CC1NCc1cccc2c1OCCN2. The standard InChI is InChI=1S/C14H20N2O/c1-14(2)8-12(14)16-9-10-4-3-5-11-13(10)17-7-6-15-11/h3-5,12,15-16H,6-9H2,1-2H3. The summed E-state index contributed by atoms with van der Waals surface area (Å²) in [5, 5.41) is 6.98. The predicted molar refractivity (Wildman–Crippen MR) is 69.5 cm³/mol. The van der Waals surface area contributed by atoms with Crippen molar-refractivity contribution in [1.29, 1.82) is 0 Å². The van der Waals surface area contributed by atoms with Crippen molar-refractivity contribution in [1.82, 2.24) is 5.32 Å². The highest BCUT2D eigenvalue weighted by Gasteiger charge is 2.45. The van der Waals surface area contributed by atoms with Crippen molar-refractivity contribution in [3.05, 3.63) is 23.8 Å². The molecule has 0 saturated heterocycles. The first-order chi connectivity index (χ1) is 8.17. The van der Waals surface area contributed by atoms with Crippen LogP contribution in [0, 0.1) is 5.41 Å². The average Bonchev–Trinajstić information content (AvgIpc) is 2.94. The number of ether oxygens (including phenoxy) is 1. The van der Waals surface area contributed by atoms with Crippen LogP contribution in [0.25, 0.3) is 0 Å². The molecule has 1 aromatic rings. The summed E-state index contributed by atoms with van der Waals surface area (Å²) in [7, 11) is 0. The molecule has 92 valence electrons. The molecule has 1 heterocycles. The lowest BCUT2D eigenvalue weighted by atomic mass is 10.1. The number of rotatable bonds is 3.